The first-order chi connectivity index (χ1) is 5.49. The van der Waals surface area contributed by atoms with Crippen molar-refractivity contribution in [2.45, 2.75) is 12.5 Å². The number of nitrogens with one attached hydrogen (secondary N) is 1. The number of amides is 1. The third-order valence-corrected chi connectivity index (χ3v) is 1.57. The highest BCUT2D eigenvalue weighted by atomic mass is 16.4. The van der Waals surface area contributed by atoms with Crippen molar-refractivity contribution in [3.63, 3.8) is 0 Å². The van der Waals surface area contributed by atoms with E-state index >= 15 is 0 Å². The number of carboxylic acids is 1. The second kappa shape index (κ2) is 4.71. The van der Waals surface area contributed by atoms with E-state index in [0.29, 0.717) is 0 Å². The van der Waals surface area contributed by atoms with E-state index in [4.69, 9.17) is 5.11 Å². The summed E-state index contributed by atoms with van der Waals surface area (Å²) in [5.41, 5.74) is 0. The number of hydrogen-bond donors (Lipinski definition) is 2. The van der Waals surface area contributed by atoms with Gasteiger partial charge in [-0.3, -0.25) is 14.5 Å². The van der Waals surface area contributed by atoms with Crippen molar-refractivity contribution in [3.05, 3.63) is 0 Å². The SMILES string of the molecule is CNC(=O)C[C@H](C(=O)O)N(C)C. The zero-order valence-corrected chi connectivity index (χ0v) is 7.50. The second-order valence-corrected chi connectivity index (χ2v) is 2.69. The lowest BCUT2D eigenvalue weighted by Crippen LogP contribution is -2.39. The Morgan fingerprint density at radius 3 is 2.25 bits per heavy atom. The smallest absolute Gasteiger partial charge is 0.321 e. The first kappa shape index (κ1) is 10.9. The van der Waals surface area contributed by atoms with Crippen molar-refractivity contribution in [3.8, 4) is 0 Å². The Morgan fingerprint density at radius 1 is 1.50 bits per heavy atom. The van der Waals surface area contributed by atoms with Crippen LogP contribution in [0.5, 0.6) is 0 Å². The number of carboxylic acid groups (broad SMARTS) is 1. The molecule has 0 rings (SSSR count). The average Bonchev–Trinajstić information content (AvgIpc) is 1.98. The van der Waals surface area contributed by atoms with Crippen LogP contribution < -0.4 is 5.32 Å². The third-order valence-electron chi connectivity index (χ3n) is 1.57. The van der Waals surface area contributed by atoms with E-state index in [1.54, 1.807) is 14.1 Å². The number of carbonyl (C=O) groups excluding carboxylic acids is 1. The number of rotatable bonds is 4. The van der Waals surface area contributed by atoms with E-state index < -0.39 is 12.0 Å². The molecule has 0 saturated carbocycles. The molecule has 0 radical (unpaired) electrons. The Balaban J connectivity index is 4.14. The van der Waals surface area contributed by atoms with Gasteiger partial charge in [-0.15, -0.1) is 0 Å². The Kier molecular flexibility index (Phi) is 4.28. The molecule has 0 bridgehead atoms. The Bertz CT molecular complexity index is 179. The molecule has 0 aromatic carbocycles. The van der Waals surface area contributed by atoms with E-state index in [1.807, 2.05) is 0 Å². The summed E-state index contributed by atoms with van der Waals surface area (Å²) in [6.45, 7) is 0. The molecule has 5 nitrogen and oxygen atoms in total. The molecule has 0 fully saturated rings. The highest BCUT2D eigenvalue weighted by Crippen LogP contribution is 1.99. The molecule has 2 N–H and O–H groups in total. The van der Waals surface area contributed by atoms with Crippen LogP contribution >= 0.6 is 0 Å². The molecule has 0 aromatic rings. The van der Waals surface area contributed by atoms with Crippen LogP contribution in [-0.4, -0.2) is 49.1 Å². The third kappa shape index (κ3) is 3.34. The summed E-state index contributed by atoms with van der Waals surface area (Å²) in [5.74, 6) is -1.25. The molecule has 0 heterocycles. The van der Waals surface area contributed by atoms with Crippen LogP contribution in [0.2, 0.25) is 0 Å². The fourth-order valence-corrected chi connectivity index (χ4v) is 0.768. The Labute approximate surface area is 71.4 Å². The maximum atomic E-state index is 10.8. The van der Waals surface area contributed by atoms with Crippen LogP contribution in [0.15, 0.2) is 0 Å². The van der Waals surface area contributed by atoms with Crippen LogP contribution in [0, 0.1) is 0 Å². The second-order valence-electron chi connectivity index (χ2n) is 2.69. The maximum absolute atomic E-state index is 10.8. The lowest BCUT2D eigenvalue weighted by Gasteiger charge is -2.18. The van der Waals surface area contributed by atoms with Gasteiger partial charge in [-0.25, -0.2) is 0 Å². The Hall–Kier alpha value is -1.10. The van der Waals surface area contributed by atoms with Gasteiger partial charge in [-0.1, -0.05) is 0 Å². The molecule has 0 aliphatic heterocycles. The van der Waals surface area contributed by atoms with Gasteiger partial charge in [-0.2, -0.15) is 0 Å². The lowest BCUT2D eigenvalue weighted by atomic mass is 10.2. The predicted octanol–water partition coefficient (Wildman–Crippen LogP) is -0.863. The highest BCUT2D eigenvalue weighted by molar-refractivity contribution is 5.84. The van der Waals surface area contributed by atoms with Gasteiger partial charge in [0.2, 0.25) is 5.91 Å². The zero-order chi connectivity index (χ0) is 9.72. The van der Waals surface area contributed by atoms with E-state index in [0.717, 1.165) is 0 Å². The zero-order valence-electron chi connectivity index (χ0n) is 7.50. The standard InChI is InChI=1S/C7H14N2O3/c1-8-6(10)4-5(7(11)12)9(2)3/h5H,4H2,1-3H3,(H,8,10)(H,11,12)/t5-/m1/s1. The highest BCUT2D eigenvalue weighted by Gasteiger charge is 2.22. The number of aliphatic carboxylic acids is 1. The summed E-state index contributed by atoms with van der Waals surface area (Å²) in [4.78, 5) is 22.9. The van der Waals surface area contributed by atoms with Gasteiger partial charge in [0.25, 0.3) is 0 Å². The molecule has 1 amide bonds. The van der Waals surface area contributed by atoms with Crippen LogP contribution in [0.4, 0.5) is 0 Å². The van der Waals surface area contributed by atoms with Crippen LogP contribution in [-0.2, 0) is 9.59 Å². The summed E-state index contributed by atoms with van der Waals surface area (Å²) < 4.78 is 0. The largest absolute Gasteiger partial charge is 0.480 e. The maximum Gasteiger partial charge on any atom is 0.321 e. The molecule has 0 saturated heterocycles. The predicted molar refractivity (Wildman–Crippen MR) is 43.8 cm³/mol. The fraction of sp³-hybridized carbons (Fsp3) is 0.714. The molecule has 0 aliphatic carbocycles. The van der Waals surface area contributed by atoms with E-state index in [1.165, 1.54) is 11.9 Å². The van der Waals surface area contributed by atoms with Crippen molar-refractivity contribution in [2.24, 2.45) is 0 Å². The molecular weight excluding hydrogens is 160 g/mol. The first-order valence-corrected chi connectivity index (χ1v) is 3.58. The number of carbonyl (C=O) groups is 2. The quantitative estimate of drug-likeness (QED) is 0.581. The van der Waals surface area contributed by atoms with Gasteiger partial charge < -0.3 is 10.4 Å². The summed E-state index contributed by atoms with van der Waals surface area (Å²) >= 11 is 0. The van der Waals surface area contributed by atoms with Crippen molar-refractivity contribution < 1.29 is 14.7 Å². The van der Waals surface area contributed by atoms with Gasteiger partial charge in [0, 0.05) is 7.05 Å². The van der Waals surface area contributed by atoms with E-state index in [9.17, 15) is 9.59 Å². The molecular formula is C7H14N2O3. The normalized spacial score (nSPS) is 12.7. The molecule has 0 aliphatic rings. The number of nitrogens with zero attached hydrogens (tertiary/aromatic N) is 1. The van der Waals surface area contributed by atoms with Crippen LogP contribution in [0.25, 0.3) is 0 Å². The van der Waals surface area contributed by atoms with Crippen molar-refractivity contribution >= 4 is 11.9 Å². The van der Waals surface area contributed by atoms with Gasteiger partial charge in [0.15, 0.2) is 0 Å². The first-order valence-electron chi connectivity index (χ1n) is 3.58. The lowest BCUT2D eigenvalue weighted by molar-refractivity contribution is -0.144. The average molecular weight is 174 g/mol. The van der Waals surface area contributed by atoms with Gasteiger partial charge in [0.05, 0.1) is 6.42 Å². The minimum atomic E-state index is -0.983. The topological polar surface area (TPSA) is 69.6 Å². The van der Waals surface area contributed by atoms with Crippen molar-refractivity contribution in [1.82, 2.24) is 10.2 Å². The summed E-state index contributed by atoms with van der Waals surface area (Å²) in [5, 5.41) is 11.0. The molecule has 1 atom stereocenters. The van der Waals surface area contributed by atoms with Gasteiger partial charge in [0.1, 0.15) is 6.04 Å². The minimum absolute atomic E-state index is 0.0150. The van der Waals surface area contributed by atoms with Crippen molar-refractivity contribution in [2.75, 3.05) is 21.1 Å². The van der Waals surface area contributed by atoms with Crippen molar-refractivity contribution in [1.29, 1.82) is 0 Å². The number of hydrogen-bond acceptors (Lipinski definition) is 3. The monoisotopic (exact) mass is 174 g/mol. The molecule has 0 unspecified atom stereocenters. The molecule has 12 heavy (non-hydrogen) atoms. The minimum Gasteiger partial charge on any atom is -0.480 e. The summed E-state index contributed by atoms with van der Waals surface area (Å²) in [7, 11) is 4.74. The van der Waals surface area contributed by atoms with E-state index in [-0.39, 0.29) is 12.3 Å². The Morgan fingerprint density at radius 2 is 2.00 bits per heavy atom. The van der Waals surface area contributed by atoms with E-state index in [2.05, 4.69) is 5.32 Å². The summed E-state index contributed by atoms with van der Waals surface area (Å²) in [6, 6.07) is -0.745. The molecule has 5 heteroatoms. The van der Waals surface area contributed by atoms with Crippen LogP contribution in [0.3, 0.4) is 0 Å². The molecule has 70 valence electrons. The van der Waals surface area contributed by atoms with Gasteiger partial charge >= 0.3 is 5.97 Å². The van der Waals surface area contributed by atoms with Gasteiger partial charge in [-0.05, 0) is 14.1 Å². The van der Waals surface area contributed by atoms with Crippen LogP contribution in [0.1, 0.15) is 6.42 Å². The molecule has 0 spiro atoms. The summed E-state index contributed by atoms with van der Waals surface area (Å²) in [6.07, 6.45) is -0.0150. The fourth-order valence-electron chi connectivity index (χ4n) is 0.768. The molecule has 0 aromatic heterocycles. The number of likely N-dealkylation sites (N-methyl/N-ethyl adjacent to an activating group) is 1.